The molecule has 0 fully saturated rings. The van der Waals surface area contributed by atoms with Gasteiger partial charge in [0.2, 0.25) is 0 Å². The van der Waals surface area contributed by atoms with E-state index in [1.54, 1.807) is 6.07 Å². The SMILES string of the molecule is NCCNS(=O)c1ccc(-c2c[nH]c3cc(F)ccc23)cc1. The van der Waals surface area contributed by atoms with Crippen LogP contribution < -0.4 is 10.5 Å². The van der Waals surface area contributed by atoms with E-state index in [0.717, 1.165) is 22.0 Å². The van der Waals surface area contributed by atoms with Crippen LogP contribution in [0, 0.1) is 5.82 Å². The highest BCUT2D eigenvalue weighted by molar-refractivity contribution is 7.83. The van der Waals surface area contributed by atoms with Crippen molar-refractivity contribution in [2.24, 2.45) is 5.73 Å². The molecule has 0 amide bonds. The third-order valence-electron chi connectivity index (χ3n) is 3.40. The Bertz CT molecular complexity index is 814. The average Bonchev–Trinajstić information content (AvgIpc) is 2.95. The lowest BCUT2D eigenvalue weighted by atomic mass is 10.1. The van der Waals surface area contributed by atoms with Gasteiger partial charge in [-0.3, -0.25) is 0 Å². The molecular weight excluding hydrogens is 301 g/mol. The van der Waals surface area contributed by atoms with Crippen molar-refractivity contribution >= 4 is 21.9 Å². The number of aromatic amines is 1. The third-order valence-corrected chi connectivity index (χ3v) is 4.57. The topological polar surface area (TPSA) is 70.9 Å². The molecule has 0 aliphatic heterocycles. The number of fused-ring (bicyclic) bond motifs is 1. The fourth-order valence-corrected chi connectivity index (χ4v) is 3.18. The number of nitrogens with one attached hydrogen (secondary N) is 2. The molecule has 114 valence electrons. The van der Waals surface area contributed by atoms with Crippen molar-refractivity contribution in [3.05, 3.63) is 54.5 Å². The summed E-state index contributed by atoms with van der Waals surface area (Å²) in [6.07, 6.45) is 1.85. The maximum Gasteiger partial charge on any atom is 0.125 e. The molecule has 1 atom stereocenters. The fraction of sp³-hybridized carbons (Fsp3) is 0.125. The fourth-order valence-electron chi connectivity index (χ4n) is 2.33. The molecule has 0 saturated carbocycles. The van der Waals surface area contributed by atoms with Crippen LogP contribution in [0.3, 0.4) is 0 Å². The Morgan fingerprint density at radius 1 is 1.18 bits per heavy atom. The molecule has 4 nitrogen and oxygen atoms in total. The molecule has 0 spiro atoms. The van der Waals surface area contributed by atoms with E-state index in [4.69, 9.17) is 5.73 Å². The highest BCUT2D eigenvalue weighted by Gasteiger charge is 2.08. The smallest absolute Gasteiger partial charge is 0.125 e. The van der Waals surface area contributed by atoms with Gasteiger partial charge in [-0.2, -0.15) is 0 Å². The molecule has 1 unspecified atom stereocenters. The first kappa shape index (κ1) is 14.9. The average molecular weight is 317 g/mol. The lowest BCUT2D eigenvalue weighted by Gasteiger charge is -2.05. The number of nitrogens with two attached hydrogens (primary N) is 1. The van der Waals surface area contributed by atoms with Crippen LogP contribution in [0.5, 0.6) is 0 Å². The van der Waals surface area contributed by atoms with Crippen LogP contribution in [0.2, 0.25) is 0 Å². The number of hydrogen-bond donors (Lipinski definition) is 3. The van der Waals surface area contributed by atoms with Crippen molar-refractivity contribution in [1.82, 2.24) is 9.71 Å². The summed E-state index contributed by atoms with van der Waals surface area (Å²) in [6, 6.07) is 12.1. The normalized spacial score (nSPS) is 12.6. The van der Waals surface area contributed by atoms with E-state index in [0.29, 0.717) is 18.0 Å². The summed E-state index contributed by atoms with van der Waals surface area (Å²) < 4.78 is 28.0. The molecule has 0 saturated heterocycles. The molecule has 0 aliphatic carbocycles. The van der Waals surface area contributed by atoms with Gasteiger partial charge in [-0.1, -0.05) is 12.1 Å². The second kappa shape index (κ2) is 6.39. The quantitative estimate of drug-likeness (QED) is 0.677. The summed E-state index contributed by atoms with van der Waals surface area (Å²) in [4.78, 5) is 3.76. The molecule has 4 N–H and O–H groups in total. The molecular formula is C16H16FN3OS. The Kier molecular flexibility index (Phi) is 4.33. The van der Waals surface area contributed by atoms with Gasteiger partial charge in [-0.15, -0.1) is 0 Å². The van der Waals surface area contributed by atoms with Crippen LogP contribution in [-0.4, -0.2) is 22.3 Å². The van der Waals surface area contributed by atoms with Crippen LogP contribution in [0.1, 0.15) is 0 Å². The van der Waals surface area contributed by atoms with Gasteiger partial charge < -0.3 is 10.7 Å². The molecule has 0 radical (unpaired) electrons. The van der Waals surface area contributed by atoms with E-state index in [9.17, 15) is 8.60 Å². The van der Waals surface area contributed by atoms with Gasteiger partial charge in [-0.05, 0) is 35.9 Å². The maximum atomic E-state index is 13.2. The predicted molar refractivity (Wildman–Crippen MR) is 87.2 cm³/mol. The van der Waals surface area contributed by atoms with Gasteiger partial charge in [-0.25, -0.2) is 13.3 Å². The largest absolute Gasteiger partial charge is 0.360 e. The first-order valence-corrected chi connectivity index (χ1v) is 8.06. The van der Waals surface area contributed by atoms with E-state index >= 15 is 0 Å². The minimum Gasteiger partial charge on any atom is -0.360 e. The number of halogens is 1. The predicted octanol–water partition coefficient (Wildman–Crippen LogP) is 2.54. The van der Waals surface area contributed by atoms with E-state index in [1.807, 2.05) is 30.5 Å². The van der Waals surface area contributed by atoms with Gasteiger partial charge >= 0.3 is 0 Å². The zero-order valence-corrected chi connectivity index (χ0v) is 12.6. The summed E-state index contributed by atoms with van der Waals surface area (Å²) in [6.45, 7) is 0.943. The minimum absolute atomic E-state index is 0.266. The number of aromatic nitrogens is 1. The van der Waals surface area contributed by atoms with Crippen molar-refractivity contribution < 1.29 is 8.60 Å². The summed E-state index contributed by atoms with van der Waals surface area (Å²) in [5, 5.41) is 0.955. The van der Waals surface area contributed by atoms with Crippen LogP contribution in [0.4, 0.5) is 4.39 Å². The molecule has 3 aromatic rings. The van der Waals surface area contributed by atoms with Crippen molar-refractivity contribution in [2.75, 3.05) is 13.1 Å². The molecule has 3 rings (SSSR count). The highest BCUT2D eigenvalue weighted by Crippen LogP contribution is 2.29. The Balaban J connectivity index is 1.90. The first-order valence-electron chi connectivity index (χ1n) is 6.91. The standard InChI is InChI=1S/C16H16FN3OS/c17-12-3-6-14-15(10-19-16(14)9-12)11-1-4-13(5-2-11)22(21)20-8-7-18/h1-6,9-10,19-20H,7-8,18H2. The molecule has 0 aliphatic rings. The van der Waals surface area contributed by atoms with E-state index in [1.165, 1.54) is 12.1 Å². The van der Waals surface area contributed by atoms with Crippen molar-refractivity contribution in [2.45, 2.75) is 4.90 Å². The highest BCUT2D eigenvalue weighted by atomic mass is 32.2. The van der Waals surface area contributed by atoms with Gasteiger partial charge in [0.1, 0.15) is 16.8 Å². The molecule has 2 aromatic carbocycles. The molecule has 1 heterocycles. The van der Waals surface area contributed by atoms with Crippen LogP contribution in [0.25, 0.3) is 22.0 Å². The van der Waals surface area contributed by atoms with Gasteiger partial charge in [0.25, 0.3) is 0 Å². The van der Waals surface area contributed by atoms with Gasteiger partial charge in [0.15, 0.2) is 0 Å². The second-order valence-electron chi connectivity index (χ2n) is 4.87. The summed E-state index contributed by atoms with van der Waals surface area (Å²) in [7, 11) is -1.26. The number of benzene rings is 2. The van der Waals surface area contributed by atoms with Crippen LogP contribution in [0.15, 0.2) is 53.6 Å². The first-order chi connectivity index (χ1) is 10.7. The zero-order chi connectivity index (χ0) is 15.5. The molecule has 0 bridgehead atoms. The van der Waals surface area contributed by atoms with Gasteiger partial charge in [0, 0.05) is 35.8 Å². The lowest BCUT2D eigenvalue weighted by Crippen LogP contribution is -2.24. The van der Waals surface area contributed by atoms with Crippen LogP contribution in [-0.2, 0) is 11.0 Å². The monoisotopic (exact) mass is 317 g/mol. The van der Waals surface area contributed by atoms with Crippen molar-refractivity contribution in [3.63, 3.8) is 0 Å². The summed E-state index contributed by atoms with van der Waals surface area (Å²) in [5.41, 5.74) is 8.11. The summed E-state index contributed by atoms with van der Waals surface area (Å²) >= 11 is 0. The zero-order valence-electron chi connectivity index (χ0n) is 11.8. The molecule has 1 aromatic heterocycles. The van der Waals surface area contributed by atoms with E-state index < -0.39 is 11.0 Å². The number of H-pyrrole nitrogens is 1. The van der Waals surface area contributed by atoms with E-state index in [-0.39, 0.29) is 5.82 Å². The van der Waals surface area contributed by atoms with Crippen LogP contribution >= 0.6 is 0 Å². The third kappa shape index (κ3) is 2.94. The Hall–Kier alpha value is -2.02. The molecule has 22 heavy (non-hydrogen) atoms. The lowest BCUT2D eigenvalue weighted by molar-refractivity contribution is 0.629. The second-order valence-corrected chi connectivity index (χ2v) is 6.17. The van der Waals surface area contributed by atoms with Crippen molar-refractivity contribution in [3.8, 4) is 11.1 Å². The Morgan fingerprint density at radius 2 is 1.95 bits per heavy atom. The number of rotatable bonds is 5. The summed E-state index contributed by atoms with van der Waals surface area (Å²) in [5.74, 6) is -0.266. The van der Waals surface area contributed by atoms with Gasteiger partial charge in [0.05, 0.1) is 4.90 Å². The molecule has 6 heteroatoms. The van der Waals surface area contributed by atoms with Crippen molar-refractivity contribution in [1.29, 1.82) is 0 Å². The Morgan fingerprint density at radius 3 is 2.68 bits per heavy atom. The van der Waals surface area contributed by atoms with E-state index in [2.05, 4.69) is 9.71 Å². The Labute approximate surface area is 130 Å². The maximum absolute atomic E-state index is 13.2. The number of hydrogen-bond acceptors (Lipinski definition) is 2. The minimum atomic E-state index is -1.26.